The zero-order chi connectivity index (χ0) is 14.3. The van der Waals surface area contributed by atoms with Gasteiger partial charge in [-0.25, -0.2) is 0 Å². The van der Waals surface area contributed by atoms with E-state index in [2.05, 4.69) is 6.92 Å². The molecule has 2 aromatic carbocycles. The first-order valence-corrected chi connectivity index (χ1v) is 6.82. The van der Waals surface area contributed by atoms with Crippen LogP contribution in [0.3, 0.4) is 0 Å². The van der Waals surface area contributed by atoms with Crippen molar-refractivity contribution in [3.8, 4) is 17.2 Å². The summed E-state index contributed by atoms with van der Waals surface area (Å²) < 4.78 is 6.06. The van der Waals surface area contributed by atoms with Gasteiger partial charge in [-0.15, -0.1) is 0 Å². The highest BCUT2D eigenvalue weighted by atomic mass is 16.5. The van der Waals surface area contributed by atoms with Crippen molar-refractivity contribution in [3.63, 3.8) is 0 Å². The molecule has 2 N–H and O–H groups in total. The second-order valence-electron chi connectivity index (χ2n) is 5.57. The first-order chi connectivity index (χ1) is 9.54. The molecule has 3 heteroatoms. The minimum absolute atomic E-state index is 0.0767. The van der Waals surface area contributed by atoms with Crippen molar-refractivity contribution in [2.75, 3.05) is 0 Å². The van der Waals surface area contributed by atoms with Crippen molar-refractivity contribution in [3.05, 3.63) is 53.1 Å². The summed E-state index contributed by atoms with van der Waals surface area (Å²) in [6.45, 7) is 4.13. The van der Waals surface area contributed by atoms with Crippen LogP contribution in [0.5, 0.6) is 17.2 Å². The Morgan fingerprint density at radius 3 is 2.50 bits per heavy atom. The highest BCUT2D eigenvalue weighted by Gasteiger charge is 2.33. The summed E-state index contributed by atoms with van der Waals surface area (Å²) in [6, 6.07) is 11.0. The number of phenols is 2. The largest absolute Gasteiger partial charge is 0.508 e. The van der Waals surface area contributed by atoms with Gasteiger partial charge in [-0.05, 0) is 31.5 Å². The lowest BCUT2D eigenvalue weighted by atomic mass is 10.1. The zero-order valence-corrected chi connectivity index (χ0v) is 11.6. The van der Waals surface area contributed by atoms with Crippen molar-refractivity contribution in [1.82, 2.24) is 0 Å². The van der Waals surface area contributed by atoms with Gasteiger partial charge in [0.2, 0.25) is 0 Å². The zero-order valence-electron chi connectivity index (χ0n) is 11.6. The predicted octanol–water partition coefficient (Wildman–Crippen LogP) is 3.72. The van der Waals surface area contributed by atoms with E-state index in [9.17, 15) is 10.2 Å². The van der Waals surface area contributed by atoms with Crippen LogP contribution in [0, 0.1) is 12.8 Å². The Bertz CT molecular complexity index is 631. The maximum absolute atomic E-state index is 9.93. The van der Waals surface area contributed by atoms with Crippen molar-refractivity contribution in [2.24, 2.45) is 5.92 Å². The normalized spacial score (nSPS) is 20.7. The van der Waals surface area contributed by atoms with E-state index in [1.165, 1.54) is 11.6 Å². The quantitative estimate of drug-likeness (QED) is 0.874. The third-order valence-corrected chi connectivity index (χ3v) is 3.88. The fourth-order valence-corrected chi connectivity index (χ4v) is 2.82. The number of rotatable bonds is 2. The average molecular weight is 270 g/mol. The molecular weight excluding hydrogens is 252 g/mol. The maximum Gasteiger partial charge on any atom is 0.127 e. The third kappa shape index (κ3) is 2.20. The molecule has 0 amide bonds. The van der Waals surface area contributed by atoms with Gasteiger partial charge >= 0.3 is 0 Å². The smallest absolute Gasteiger partial charge is 0.127 e. The van der Waals surface area contributed by atoms with E-state index in [1.807, 2.05) is 31.2 Å². The summed E-state index contributed by atoms with van der Waals surface area (Å²) in [5.74, 6) is 1.30. The Labute approximate surface area is 118 Å². The van der Waals surface area contributed by atoms with Gasteiger partial charge in [-0.1, -0.05) is 24.6 Å². The van der Waals surface area contributed by atoms with Gasteiger partial charge in [-0.2, -0.15) is 0 Å². The molecule has 20 heavy (non-hydrogen) atoms. The van der Waals surface area contributed by atoms with Crippen LogP contribution in [0.2, 0.25) is 0 Å². The van der Waals surface area contributed by atoms with Gasteiger partial charge in [-0.3, -0.25) is 0 Å². The number of hydrogen-bond donors (Lipinski definition) is 2. The van der Waals surface area contributed by atoms with Crippen LogP contribution in [0.25, 0.3) is 0 Å². The number of aromatic hydroxyl groups is 2. The van der Waals surface area contributed by atoms with E-state index >= 15 is 0 Å². The maximum atomic E-state index is 9.93. The van der Waals surface area contributed by atoms with Crippen LogP contribution >= 0.6 is 0 Å². The molecule has 0 saturated carbocycles. The lowest BCUT2D eigenvalue weighted by Gasteiger charge is -2.19. The minimum atomic E-state index is -0.134. The van der Waals surface area contributed by atoms with E-state index < -0.39 is 0 Å². The Hall–Kier alpha value is -2.16. The summed E-state index contributed by atoms with van der Waals surface area (Å²) in [5.41, 5.74) is 2.95. The van der Waals surface area contributed by atoms with Crippen LogP contribution in [0.4, 0.5) is 0 Å². The Morgan fingerprint density at radius 2 is 1.80 bits per heavy atom. The molecular formula is C17H18O3. The summed E-state index contributed by atoms with van der Waals surface area (Å²) in [6.07, 6.45) is 0.628. The van der Waals surface area contributed by atoms with Gasteiger partial charge in [0.25, 0.3) is 0 Å². The summed E-state index contributed by atoms with van der Waals surface area (Å²) in [7, 11) is 0. The van der Waals surface area contributed by atoms with Crippen LogP contribution in [-0.4, -0.2) is 10.2 Å². The van der Waals surface area contributed by atoms with Gasteiger partial charge < -0.3 is 14.9 Å². The van der Waals surface area contributed by atoms with E-state index in [0.29, 0.717) is 0 Å². The molecule has 0 spiro atoms. The molecule has 104 valence electrons. The second-order valence-corrected chi connectivity index (χ2v) is 5.57. The first-order valence-electron chi connectivity index (χ1n) is 6.82. The lowest BCUT2D eigenvalue weighted by Crippen LogP contribution is -2.11. The number of ether oxygens (including phenoxy) is 1. The molecule has 2 aromatic rings. The van der Waals surface area contributed by atoms with Gasteiger partial charge in [0.05, 0.1) is 0 Å². The number of benzene rings is 2. The molecule has 0 aliphatic heterocycles. The average Bonchev–Trinajstić information content (AvgIpc) is 2.70. The van der Waals surface area contributed by atoms with E-state index in [0.717, 1.165) is 23.3 Å². The molecule has 0 fully saturated rings. The lowest BCUT2D eigenvalue weighted by molar-refractivity contribution is 0.159. The molecule has 0 aromatic heterocycles. The molecule has 0 bridgehead atoms. The van der Waals surface area contributed by atoms with Gasteiger partial charge in [0.1, 0.15) is 23.4 Å². The van der Waals surface area contributed by atoms with Crippen molar-refractivity contribution >= 4 is 0 Å². The molecule has 1 aliphatic carbocycles. The van der Waals surface area contributed by atoms with E-state index in [4.69, 9.17) is 4.74 Å². The Kier molecular flexibility index (Phi) is 3.05. The van der Waals surface area contributed by atoms with Crippen molar-refractivity contribution < 1.29 is 14.9 Å². The summed E-state index contributed by atoms with van der Waals surface area (Å²) in [4.78, 5) is 0. The molecule has 2 atom stereocenters. The fraction of sp³-hybridized carbons (Fsp3) is 0.294. The van der Waals surface area contributed by atoms with Crippen molar-refractivity contribution in [2.45, 2.75) is 26.4 Å². The first kappa shape index (κ1) is 12.9. The monoisotopic (exact) mass is 270 g/mol. The number of phenolic OH excluding ortho intramolecular Hbond substituents is 2. The molecule has 3 rings (SSSR count). The topological polar surface area (TPSA) is 49.7 Å². The van der Waals surface area contributed by atoms with E-state index in [-0.39, 0.29) is 23.5 Å². The summed E-state index contributed by atoms with van der Waals surface area (Å²) >= 11 is 0. The number of aryl methyl sites for hydroxylation is 1. The van der Waals surface area contributed by atoms with Gasteiger partial charge in [0, 0.05) is 23.1 Å². The summed E-state index contributed by atoms with van der Waals surface area (Å²) in [5, 5.41) is 19.6. The Morgan fingerprint density at radius 1 is 1.10 bits per heavy atom. The second kappa shape index (κ2) is 4.75. The van der Waals surface area contributed by atoms with Crippen LogP contribution in [-0.2, 0) is 6.42 Å². The molecule has 0 saturated heterocycles. The predicted molar refractivity (Wildman–Crippen MR) is 77.2 cm³/mol. The molecule has 0 radical (unpaired) electrons. The van der Waals surface area contributed by atoms with Gasteiger partial charge in [0.15, 0.2) is 0 Å². The highest BCUT2D eigenvalue weighted by Crippen LogP contribution is 2.44. The standard InChI is InChI=1S/C17H18O3/c1-10-3-5-13(6-4-10)20-17-11(2)7-14-15(17)8-12(18)9-16(14)19/h3-6,8-9,11,17-19H,7H2,1-2H3/t11?,17-/m1/s1. The SMILES string of the molecule is Cc1ccc(O[C@H]2c3cc(O)cc(O)c3CC2C)cc1. The number of hydrogen-bond acceptors (Lipinski definition) is 3. The number of fused-ring (bicyclic) bond motifs is 1. The van der Waals surface area contributed by atoms with Crippen LogP contribution in [0.1, 0.15) is 29.7 Å². The minimum Gasteiger partial charge on any atom is -0.508 e. The molecule has 1 unspecified atom stereocenters. The van der Waals surface area contributed by atoms with E-state index in [1.54, 1.807) is 6.07 Å². The Balaban J connectivity index is 1.94. The fourth-order valence-electron chi connectivity index (χ4n) is 2.82. The van der Waals surface area contributed by atoms with Crippen LogP contribution in [0.15, 0.2) is 36.4 Å². The molecule has 3 nitrogen and oxygen atoms in total. The van der Waals surface area contributed by atoms with Crippen LogP contribution < -0.4 is 4.74 Å². The molecule has 0 heterocycles. The van der Waals surface area contributed by atoms with Crippen molar-refractivity contribution in [1.29, 1.82) is 0 Å². The molecule has 1 aliphatic rings. The third-order valence-electron chi connectivity index (χ3n) is 3.88. The highest BCUT2D eigenvalue weighted by molar-refractivity contribution is 5.49.